The fraction of sp³-hybridized carbons (Fsp3) is 0.167. The number of hydrogen-bond acceptors (Lipinski definition) is 5. The van der Waals surface area contributed by atoms with Gasteiger partial charge < -0.3 is 9.30 Å². The third kappa shape index (κ3) is 4.66. The quantitative estimate of drug-likeness (QED) is 0.174. The van der Waals surface area contributed by atoms with E-state index in [1.54, 1.807) is 12.1 Å². The fourth-order valence-electron chi connectivity index (χ4n) is 3.44. The molecule has 0 aliphatic heterocycles. The lowest BCUT2D eigenvalue weighted by Crippen LogP contribution is -2.19. The zero-order valence-corrected chi connectivity index (χ0v) is 18.2. The zero-order valence-electron chi connectivity index (χ0n) is 17.4. The molecule has 0 fully saturated rings. The van der Waals surface area contributed by atoms with E-state index in [1.807, 2.05) is 29.7 Å². The average Bonchev–Trinajstić information content (AvgIpc) is 3.15. The van der Waals surface area contributed by atoms with Gasteiger partial charge in [-0.2, -0.15) is 4.99 Å². The molecule has 1 aromatic heterocycles. The van der Waals surface area contributed by atoms with E-state index in [1.165, 1.54) is 35.6 Å². The number of fused-ring (bicyclic) bond motifs is 3. The summed E-state index contributed by atoms with van der Waals surface area (Å²) in [5.41, 5.74) is 1.54. The second-order valence-electron chi connectivity index (χ2n) is 7.00. The van der Waals surface area contributed by atoms with E-state index >= 15 is 0 Å². The standard InChI is InChI=1S/C24H21N3O4S/c1-2-31-15-14-26-21-12-11-18-7-3-4-9-20(18)23(21)32-24(26)25-22(28)13-10-17-6-5-8-19(16-17)27(29)30/h3-13,16H,2,14-15H2,1H3/b13-10+,25-24?. The van der Waals surface area contributed by atoms with Crippen LogP contribution in [0.15, 0.2) is 71.7 Å². The molecule has 0 bridgehead atoms. The van der Waals surface area contributed by atoms with Gasteiger partial charge in [-0.3, -0.25) is 14.9 Å². The Labute approximate surface area is 188 Å². The number of nitro groups is 1. The second-order valence-corrected chi connectivity index (χ2v) is 7.98. The maximum Gasteiger partial charge on any atom is 0.272 e. The molecule has 4 aromatic rings. The zero-order chi connectivity index (χ0) is 22.5. The van der Waals surface area contributed by atoms with E-state index in [4.69, 9.17) is 4.74 Å². The van der Waals surface area contributed by atoms with E-state index in [0.717, 1.165) is 21.0 Å². The summed E-state index contributed by atoms with van der Waals surface area (Å²) in [6.07, 6.45) is 2.86. The van der Waals surface area contributed by atoms with Gasteiger partial charge in [-0.1, -0.05) is 53.8 Å². The van der Waals surface area contributed by atoms with Crippen LogP contribution in [-0.4, -0.2) is 28.6 Å². The smallest absolute Gasteiger partial charge is 0.272 e. The number of nitro benzene ring substituents is 1. The Morgan fingerprint density at radius 3 is 2.84 bits per heavy atom. The van der Waals surface area contributed by atoms with Gasteiger partial charge >= 0.3 is 0 Å². The highest BCUT2D eigenvalue weighted by Gasteiger charge is 2.10. The first kappa shape index (κ1) is 21.6. The third-order valence-corrected chi connectivity index (χ3v) is 6.07. The van der Waals surface area contributed by atoms with Crippen molar-refractivity contribution in [3.8, 4) is 0 Å². The first-order chi connectivity index (χ1) is 15.6. The lowest BCUT2D eigenvalue weighted by Gasteiger charge is -2.06. The number of benzene rings is 3. The molecule has 0 aliphatic rings. The van der Waals surface area contributed by atoms with Crippen LogP contribution in [0.2, 0.25) is 0 Å². The summed E-state index contributed by atoms with van der Waals surface area (Å²) in [4.78, 5) is 28.0. The molecule has 3 aromatic carbocycles. The molecule has 0 aliphatic carbocycles. The molecule has 0 N–H and O–H groups in total. The summed E-state index contributed by atoms with van der Waals surface area (Å²) in [6.45, 7) is 3.65. The van der Waals surface area contributed by atoms with Gasteiger partial charge in [-0.25, -0.2) is 0 Å². The number of thiazole rings is 1. The van der Waals surface area contributed by atoms with Crippen LogP contribution >= 0.6 is 11.3 Å². The topological polar surface area (TPSA) is 86.7 Å². The van der Waals surface area contributed by atoms with E-state index in [9.17, 15) is 14.9 Å². The lowest BCUT2D eigenvalue weighted by molar-refractivity contribution is -0.384. The molecular formula is C24H21N3O4S. The molecule has 4 rings (SSSR count). The molecule has 32 heavy (non-hydrogen) atoms. The number of carbonyl (C=O) groups excluding carboxylic acids is 1. The minimum absolute atomic E-state index is 0.0262. The number of rotatable bonds is 7. The Morgan fingerprint density at radius 2 is 2.03 bits per heavy atom. The van der Waals surface area contributed by atoms with Gasteiger partial charge in [0.15, 0.2) is 4.80 Å². The van der Waals surface area contributed by atoms with Gasteiger partial charge in [0.25, 0.3) is 11.6 Å². The van der Waals surface area contributed by atoms with Crippen molar-refractivity contribution in [2.24, 2.45) is 4.99 Å². The van der Waals surface area contributed by atoms with E-state index in [2.05, 4.69) is 23.2 Å². The molecule has 0 spiro atoms. The monoisotopic (exact) mass is 447 g/mol. The summed E-state index contributed by atoms with van der Waals surface area (Å²) in [6, 6.07) is 18.3. The summed E-state index contributed by atoms with van der Waals surface area (Å²) >= 11 is 1.46. The lowest BCUT2D eigenvalue weighted by atomic mass is 10.1. The van der Waals surface area contributed by atoms with Crippen LogP contribution in [0, 0.1) is 10.1 Å². The van der Waals surface area contributed by atoms with E-state index in [-0.39, 0.29) is 5.69 Å². The van der Waals surface area contributed by atoms with Crippen molar-refractivity contribution >= 4 is 50.0 Å². The predicted octanol–water partition coefficient (Wildman–Crippen LogP) is 4.94. The molecule has 0 saturated heterocycles. The van der Waals surface area contributed by atoms with Gasteiger partial charge in [-0.05, 0) is 30.0 Å². The fourth-order valence-corrected chi connectivity index (χ4v) is 4.64. The van der Waals surface area contributed by atoms with Crippen LogP contribution in [0.4, 0.5) is 5.69 Å². The summed E-state index contributed by atoms with van der Waals surface area (Å²) in [7, 11) is 0. The molecule has 0 atom stereocenters. The van der Waals surface area contributed by atoms with Crippen LogP contribution in [0.3, 0.4) is 0 Å². The normalized spacial score (nSPS) is 12.2. The van der Waals surface area contributed by atoms with Gasteiger partial charge in [0.1, 0.15) is 0 Å². The molecular weight excluding hydrogens is 426 g/mol. The molecule has 7 nitrogen and oxygen atoms in total. The van der Waals surface area contributed by atoms with E-state index in [0.29, 0.717) is 30.1 Å². The highest BCUT2D eigenvalue weighted by Crippen LogP contribution is 2.27. The first-order valence-corrected chi connectivity index (χ1v) is 11.0. The summed E-state index contributed by atoms with van der Waals surface area (Å²) in [5.74, 6) is -0.433. The maximum atomic E-state index is 12.6. The van der Waals surface area contributed by atoms with Crippen molar-refractivity contribution in [1.29, 1.82) is 0 Å². The molecule has 0 radical (unpaired) electrons. The molecule has 8 heteroatoms. The molecule has 162 valence electrons. The van der Waals surface area contributed by atoms with Crippen molar-refractivity contribution < 1.29 is 14.5 Å². The number of ether oxygens (including phenoxy) is 1. The number of nitrogens with zero attached hydrogens (tertiary/aromatic N) is 3. The van der Waals surface area contributed by atoms with Gasteiger partial charge in [0, 0.05) is 36.7 Å². The van der Waals surface area contributed by atoms with Crippen molar-refractivity contribution in [3.63, 3.8) is 0 Å². The second kappa shape index (κ2) is 9.67. The summed E-state index contributed by atoms with van der Waals surface area (Å²) < 4.78 is 8.59. The predicted molar refractivity (Wildman–Crippen MR) is 127 cm³/mol. The highest BCUT2D eigenvalue weighted by molar-refractivity contribution is 7.17. The SMILES string of the molecule is CCOCCn1c(=NC(=O)/C=C/c2cccc([N+](=O)[O-])c2)sc2c3ccccc3ccc21. The number of aromatic nitrogens is 1. The van der Waals surface area contributed by atoms with Gasteiger partial charge in [0.05, 0.1) is 21.7 Å². The number of carbonyl (C=O) groups is 1. The number of non-ortho nitro benzene ring substituents is 1. The Hall–Kier alpha value is -3.62. The minimum atomic E-state index is -0.466. The van der Waals surface area contributed by atoms with Crippen LogP contribution in [-0.2, 0) is 16.1 Å². The Balaban J connectivity index is 1.73. The van der Waals surface area contributed by atoms with Crippen LogP contribution in [0.5, 0.6) is 0 Å². The Kier molecular flexibility index (Phi) is 6.53. The number of hydrogen-bond donors (Lipinski definition) is 0. The molecule has 1 amide bonds. The van der Waals surface area contributed by atoms with E-state index < -0.39 is 10.8 Å². The highest BCUT2D eigenvalue weighted by atomic mass is 32.1. The number of amides is 1. The average molecular weight is 448 g/mol. The molecule has 0 unspecified atom stereocenters. The minimum Gasteiger partial charge on any atom is -0.380 e. The maximum absolute atomic E-state index is 12.6. The van der Waals surface area contributed by atoms with Crippen LogP contribution in [0.1, 0.15) is 12.5 Å². The molecule has 0 saturated carbocycles. The van der Waals surface area contributed by atoms with Gasteiger partial charge in [-0.15, -0.1) is 0 Å². The van der Waals surface area contributed by atoms with Crippen molar-refractivity contribution in [3.05, 3.63) is 87.2 Å². The van der Waals surface area contributed by atoms with Crippen molar-refractivity contribution in [2.75, 3.05) is 13.2 Å². The Morgan fingerprint density at radius 1 is 1.19 bits per heavy atom. The first-order valence-electron chi connectivity index (χ1n) is 10.2. The van der Waals surface area contributed by atoms with Gasteiger partial charge in [0.2, 0.25) is 0 Å². The summed E-state index contributed by atoms with van der Waals surface area (Å²) in [5, 5.41) is 13.2. The van der Waals surface area contributed by atoms with Crippen LogP contribution < -0.4 is 4.80 Å². The van der Waals surface area contributed by atoms with Crippen molar-refractivity contribution in [2.45, 2.75) is 13.5 Å². The van der Waals surface area contributed by atoms with Crippen molar-refractivity contribution in [1.82, 2.24) is 4.57 Å². The largest absolute Gasteiger partial charge is 0.380 e. The third-order valence-electron chi connectivity index (χ3n) is 4.94. The Bertz CT molecular complexity index is 1400. The van der Waals surface area contributed by atoms with Crippen LogP contribution in [0.25, 0.3) is 27.1 Å². The molecule has 1 heterocycles.